The molecule has 6 nitrogen and oxygen atoms in total. The Morgan fingerprint density at radius 3 is 0.901 bits per heavy atom. The van der Waals surface area contributed by atoms with E-state index in [9.17, 15) is 14.4 Å². The predicted molar refractivity (Wildman–Crippen MR) is 307 cm³/mol. The van der Waals surface area contributed by atoms with E-state index in [0.717, 1.165) is 83.5 Å². The predicted octanol–water partition coefficient (Wildman–Crippen LogP) is 20.8. The molecule has 0 aromatic heterocycles. The van der Waals surface area contributed by atoms with Crippen LogP contribution in [0.25, 0.3) is 0 Å². The standard InChI is InChI=1S/C65H116O6/c1-4-7-10-13-16-19-22-25-28-30-32-34-37-40-43-46-49-52-55-58-64(67)70-61-62(60-69-63(66)57-54-51-48-45-42-39-36-27-24-21-18-15-12-9-6-3)71-65(68)59-56-53-50-47-44-41-38-35-33-31-29-26-23-20-17-14-11-8-5-2/h9,12,18,21,25,27-28,36,42,45,62H,4-8,10-11,13-17,19-20,22-24,26,29-35,37-41,43-44,46-61H2,1-3H3/b12-9-,21-18-,28-25-,36-27-,45-42-/t62-/m1/s1. The molecule has 0 radical (unpaired) electrons. The zero-order valence-corrected chi connectivity index (χ0v) is 47.2. The van der Waals surface area contributed by atoms with E-state index >= 15 is 0 Å². The van der Waals surface area contributed by atoms with Crippen molar-refractivity contribution in [2.45, 2.75) is 322 Å². The third kappa shape index (κ3) is 57.9. The summed E-state index contributed by atoms with van der Waals surface area (Å²) in [6, 6.07) is 0. The van der Waals surface area contributed by atoms with Crippen LogP contribution in [0.3, 0.4) is 0 Å². The summed E-state index contributed by atoms with van der Waals surface area (Å²) >= 11 is 0. The van der Waals surface area contributed by atoms with Crippen LogP contribution in [0.15, 0.2) is 60.8 Å². The Hall–Kier alpha value is -2.89. The molecule has 412 valence electrons. The van der Waals surface area contributed by atoms with Crippen LogP contribution in [0.2, 0.25) is 0 Å². The minimum atomic E-state index is -0.791. The second kappa shape index (κ2) is 59.7. The second-order valence-electron chi connectivity index (χ2n) is 20.6. The SMILES string of the molecule is CC/C=C\C/C=C\C/C=C\C/C=C\CCCCC(=O)OC[C@H](COC(=O)CCCCCCCCCCC/C=C\CCCCCCCC)OC(=O)CCCCCCCCCCCCCCCCCCCCC. The molecule has 0 aliphatic carbocycles. The molecule has 0 saturated carbocycles. The van der Waals surface area contributed by atoms with Crippen LogP contribution < -0.4 is 0 Å². The fourth-order valence-electron chi connectivity index (χ4n) is 8.90. The largest absolute Gasteiger partial charge is 0.462 e. The first-order valence-electron chi connectivity index (χ1n) is 30.8. The molecule has 6 heteroatoms. The van der Waals surface area contributed by atoms with Gasteiger partial charge in [-0.05, 0) is 83.5 Å². The molecule has 0 rings (SSSR count). The summed E-state index contributed by atoms with van der Waals surface area (Å²) < 4.78 is 16.9. The van der Waals surface area contributed by atoms with Gasteiger partial charge in [0.2, 0.25) is 0 Å². The van der Waals surface area contributed by atoms with Gasteiger partial charge in [-0.3, -0.25) is 14.4 Å². The van der Waals surface area contributed by atoms with Gasteiger partial charge in [0.25, 0.3) is 0 Å². The van der Waals surface area contributed by atoms with Crippen LogP contribution in [0.5, 0.6) is 0 Å². The van der Waals surface area contributed by atoms with Crippen molar-refractivity contribution in [3.63, 3.8) is 0 Å². The van der Waals surface area contributed by atoms with Crippen LogP contribution in [0.1, 0.15) is 316 Å². The van der Waals surface area contributed by atoms with Crippen molar-refractivity contribution in [1.82, 2.24) is 0 Å². The molecular formula is C65H116O6. The van der Waals surface area contributed by atoms with E-state index in [2.05, 4.69) is 81.5 Å². The van der Waals surface area contributed by atoms with Gasteiger partial charge in [-0.15, -0.1) is 0 Å². The van der Waals surface area contributed by atoms with Gasteiger partial charge < -0.3 is 14.2 Å². The summed E-state index contributed by atoms with van der Waals surface area (Å²) in [4.78, 5) is 38.2. The number of carbonyl (C=O) groups is 3. The zero-order chi connectivity index (χ0) is 51.4. The first kappa shape index (κ1) is 68.1. The molecule has 0 N–H and O–H groups in total. The Morgan fingerprint density at radius 1 is 0.296 bits per heavy atom. The number of carbonyl (C=O) groups excluding carboxylic acids is 3. The Kier molecular flexibility index (Phi) is 57.2. The van der Waals surface area contributed by atoms with Crippen molar-refractivity contribution in [3.8, 4) is 0 Å². The molecule has 0 spiro atoms. The third-order valence-electron chi connectivity index (χ3n) is 13.5. The average Bonchev–Trinajstić information content (AvgIpc) is 3.37. The van der Waals surface area contributed by atoms with E-state index in [1.807, 2.05) is 0 Å². The second-order valence-corrected chi connectivity index (χ2v) is 20.6. The highest BCUT2D eigenvalue weighted by molar-refractivity contribution is 5.71. The van der Waals surface area contributed by atoms with E-state index in [-0.39, 0.29) is 31.1 Å². The fraction of sp³-hybridized carbons (Fsp3) is 0.800. The summed E-state index contributed by atoms with van der Waals surface area (Å²) in [7, 11) is 0. The van der Waals surface area contributed by atoms with E-state index in [1.54, 1.807) is 0 Å². The summed E-state index contributed by atoms with van der Waals surface area (Å²) in [6.07, 6.45) is 75.1. The molecule has 0 unspecified atom stereocenters. The van der Waals surface area contributed by atoms with Gasteiger partial charge in [0, 0.05) is 19.3 Å². The lowest BCUT2D eigenvalue weighted by Crippen LogP contribution is -2.30. The van der Waals surface area contributed by atoms with Crippen molar-refractivity contribution in [3.05, 3.63) is 60.8 Å². The van der Waals surface area contributed by atoms with E-state index in [4.69, 9.17) is 14.2 Å². The summed E-state index contributed by atoms with van der Waals surface area (Å²) in [5, 5.41) is 0. The van der Waals surface area contributed by atoms with Crippen molar-refractivity contribution in [1.29, 1.82) is 0 Å². The first-order chi connectivity index (χ1) is 35.0. The number of rotatable bonds is 56. The average molecular weight is 994 g/mol. The van der Waals surface area contributed by atoms with Gasteiger partial charge in [0.1, 0.15) is 13.2 Å². The van der Waals surface area contributed by atoms with E-state index < -0.39 is 6.10 Å². The van der Waals surface area contributed by atoms with Gasteiger partial charge >= 0.3 is 17.9 Å². The van der Waals surface area contributed by atoms with Gasteiger partial charge in [-0.2, -0.15) is 0 Å². The molecule has 0 fully saturated rings. The van der Waals surface area contributed by atoms with Gasteiger partial charge in [0.05, 0.1) is 0 Å². The van der Waals surface area contributed by atoms with E-state index in [1.165, 1.54) is 193 Å². The highest BCUT2D eigenvalue weighted by atomic mass is 16.6. The molecule has 0 aliphatic heterocycles. The maximum absolute atomic E-state index is 12.9. The minimum absolute atomic E-state index is 0.0855. The van der Waals surface area contributed by atoms with Crippen molar-refractivity contribution >= 4 is 17.9 Å². The number of unbranched alkanes of at least 4 members (excludes halogenated alkanes) is 35. The van der Waals surface area contributed by atoms with Crippen LogP contribution in [0.4, 0.5) is 0 Å². The lowest BCUT2D eigenvalue weighted by Gasteiger charge is -2.18. The summed E-state index contributed by atoms with van der Waals surface area (Å²) in [6.45, 7) is 6.53. The molecule has 0 aromatic carbocycles. The summed E-state index contributed by atoms with van der Waals surface area (Å²) in [5.74, 6) is -0.914. The molecule has 0 aliphatic rings. The van der Waals surface area contributed by atoms with Gasteiger partial charge in [-0.1, -0.05) is 274 Å². The van der Waals surface area contributed by atoms with E-state index in [0.29, 0.717) is 19.3 Å². The van der Waals surface area contributed by atoms with Crippen molar-refractivity contribution in [2.24, 2.45) is 0 Å². The van der Waals surface area contributed by atoms with Crippen LogP contribution in [-0.4, -0.2) is 37.2 Å². The molecule has 71 heavy (non-hydrogen) atoms. The summed E-state index contributed by atoms with van der Waals surface area (Å²) in [5.41, 5.74) is 0. The van der Waals surface area contributed by atoms with Crippen molar-refractivity contribution < 1.29 is 28.6 Å². The number of esters is 3. The number of allylic oxidation sites excluding steroid dienone is 10. The topological polar surface area (TPSA) is 78.9 Å². The maximum atomic E-state index is 12.9. The molecule has 0 heterocycles. The normalized spacial score (nSPS) is 12.4. The van der Waals surface area contributed by atoms with Crippen LogP contribution >= 0.6 is 0 Å². The lowest BCUT2D eigenvalue weighted by molar-refractivity contribution is -0.167. The highest BCUT2D eigenvalue weighted by Crippen LogP contribution is 2.17. The molecule has 1 atom stereocenters. The maximum Gasteiger partial charge on any atom is 0.306 e. The van der Waals surface area contributed by atoms with Crippen molar-refractivity contribution in [2.75, 3.05) is 13.2 Å². The Bertz CT molecular complexity index is 1280. The number of hydrogen-bond acceptors (Lipinski definition) is 6. The fourth-order valence-corrected chi connectivity index (χ4v) is 8.90. The third-order valence-corrected chi connectivity index (χ3v) is 13.5. The minimum Gasteiger partial charge on any atom is -0.462 e. The molecule has 0 aromatic rings. The van der Waals surface area contributed by atoms with Gasteiger partial charge in [0.15, 0.2) is 6.10 Å². The van der Waals surface area contributed by atoms with Crippen LogP contribution in [0, 0.1) is 0 Å². The number of hydrogen-bond donors (Lipinski definition) is 0. The van der Waals surface area contributed by atoms with Crippen LogP contribution in [-0.2, 0) is 28.6 Å². The number of ether oxygens (including phenoxy) is 3. The Labute approximate surface area is 440 Å². The van der Waals surface area contributed by atoms with Gasteiger partial charge in [-0.25, -0.2) is 0 Å². The molecular weight excluding hydrogens is 877 g/mol. The Balaban J connectivity index is 4.38. The molecule has 0 amide bonds. The quantitative estimate of drug-likeness (QED) is 0.0261. The molecule has 0 bridgehead atoms. The molecule has 0 saturated heterocycles. The highest BCUT2D eigenvalue weighted by Gasteiger charge is 2.19. The smallest absolute Gasteiger partial charge is 0.306 e. The lowest BCUT2D eigenvalue weighted by atomic mass is 10.0. The first-order valence-corrected chi connectivity index (χ1v) is 30.8. The monoisotopic (exact) mass is 993 g/mol. The Morgan fingerprint density at radius 2 is 0.549 bits per heavy atom. The zero-order valence-electron chi connectivity index (χ0n) is 47.2.